The van der Waals surface area contributed by atoms with Crippen molar-refractivity contribution < 1.29 is 14.4 Å². The predicted octanol–water partition coefficient (Wildman–Crippen LogP) is 4.25. The molecule has 25 heavy (non-hydrogen) atoms. The fourth-order valence-corrected chi connectivity index (χ4v) is 3.76. The summed E-state index contributed by atoms with van der Waals surface area (Å²) >= 11 is 0. The lowest BCUT2D eigenvalue weighted by atomic mass is 10.0. The predicted molar refractivity (Wildman–Crippen MR) is 95.5 cm³/mol. The number of nitrogens with zero attached hydrogens (tertiary/aromatic N) is 1. The van der Waals surface area contributed by atoms with Crippen molar-refractivity contribution in [3.8, 4) is 22.8 Å². The number of aromatic amines is 1. The first-order valence-corrected chi connectivity index (χ1v) is 8.17. The molecule has 0 amide bonds. The van der Waals surface area contributed by atoms with Crippen molar-refractivity contribution in [2.45, 2.75) is 19.3 Å². The van der Waals surface area contributed by atoms with Gasteiger partial charge in [-0.1, -0.05) is 0 Å². The average Bonchev–Trinajstić information content (AvgIpc) is 2.88. The summed E-state index contributed by atoms with van der Waals surface area (Å²) in [7, 11) is 3.28. The Kier molecular flexibility index (Phi) is 3.60. The first-order chi connectivity index (χ1) is 12.1. The Hall–Kier alpha value is -3.02. The second kappa shape index (κ2) is 5.81. The maximum absolute atomic E-state index is 11.1. The monoisotopic (exact) mass is 338 g/mol. The average molecular weight is 338 g/mol. The van der Waals surface area contributed by atoms with Crippen molar-refractivity contribution in [3.05, 3.63) is 51.6 Å². The molecule has 0 spiro atoms. The first kappa shape index (κ1) is 15.5. The van der Waals surface area contributed by atoms with Gasteiger partial charge in [0.1, 0.15) is 0 Å². The van der Waals surface area contributed by atoms with Crippen LogP contribution >= 0.6 is 0 Å². The van der Waals surface area contributed by atoms with Gasteiger partial charge < -0.3 is 14.5 Å². The van der Waals surface area contributed by atoms with E-state index in [4.69, 9.17) is 9.47 Å². The Balaban J connectivity index is 1.98. The zero-order valence-corrected chi connectivity index (χ0v) is 14.1. The third-order valence-corrected chi connectivity index (χ3v) is 4.87. The zero-order chi connectivity index (χ0) is 17.6. The Morgan fingerprint density at radius 2 is 1.88 bits per heavy atom. The van der Waals surface area contributed by atoms with Crippen LogP contribution in [0.15, 0.2) is 30.3 Å². The molecule has 1 aliphatic rings. The van der Waals surface area contributed by atoms with E-state index in [1.54, 1.807) is 26.4 Å². The quantitative estimate of drug-likeness (QED) is 0.572. The Bertz CT molecular complexity index is 991. The Labute approximate surface area is 144 Å². The Morgan fingerprint density at radius 1 is 1.08 bits per heavy atom. The number of aryl methyl sites for hydroxylation is 1. The van der Waals surface area contributed by atoms with Gasteiger partial charge in [0.2, 0.25) is 0 Å². The first-order valence-electron chi connectivity index (χ1n) is 8.17. The molecule has 2 aromatic carbocycles. The highest BCUT2D eigenvalue weighted by Gasteiger charge is 2.24. The molecule has 1 aromatic heterocycles. The van der Waals surface area contributed by atoms with Crippen LogP contribution in [-0.2, 0) is 12.8 Å². The van der Waals surface area contributed by atoms with Crippen LogP contribution in [0.3, 0.4) is 0 Å². The number of nitro groups is 1. The lowest BCUT2D eigenvalue weighted by Gasteiger charge is -2.15. The zero-order valence-electron chi connectivity index (χ0n) is 14.1. The molecular weight excluding hydrogens is 320 g/mol. The summed E-state index contributed by atoms with van der Waals surface area (Å²) in [5.74, 6) is 1.48. The summed E-state index contributed by atoms with van der Waals surface area (Å²) in [5, 5.41) is 12.1. The summed E-state index contributed by atoms with van der Waals surface area (Å²) in [6.07, 6.45) is 2.79. The fraction of sp³-hybridized carbons (Fsp3) is 0.263. The normalized spacial score (nSPS) is 13.0. The van der Waals surface area contributed by atoms with Gasteiger partial charge in [0, 0.05) is 28.6 Å². The molecule has 1 heterocycles. The molecule has 0 bridgehead atoms. The number of benzene rings is 2. The van der Waals surface area contributed by atoms with Crippen LogP contribution in [0, 0.1) is 10.1 Å². The number of aromatic nitrogens is 1. The molecule has 1 N–H and O–H groups in total. The number of methoxy groups -OCH3 is 2. The summed E-state index contributed by atoms with van der Waals surface area (Å²) in [5.41, 5.74) is 5.30. The summed E-state index contributed by atoms with van der Waals surface area (Å²) < 4.78 is 11.0. The van der Waals surface area contributed by atoms with Crippen molar-refractivity contribution in [1.29, 1.82) is 0 Å². The molecule has 4 rings (SSSR count). The Morgan fingerprint density at radius 3 is 2.60 bits per heavy atom. The summed E-state index contributed by atoms with van der Waals surface area (Å²) in [4.78, 5) is 14.1. The molecule has 0 saturated carbocycles. The van der Waals surface area contributed by atoms with Gasteiger partial charge in [-0.25, -0.2) is 0 Å². The number of fused-ring (bicyclic) bond motifs is 5. The van der Waals surface area contributed by atoms with Crippen LogP contribution in [0.2, 0.25) is 0 Å². The standard InChI is InChI=1S/C19H18N2O4/c1-24-17-9-8-14-15(19(17)25-2)5-3-4-13-12-7-6-11(21(22)23)10-16(12)20-18(13)14/h6-10,20H,3-5H2,1-2H3. The smallest absolute Gasteiger partial charge is 0.271 e. The van der Waals surface area contributed by atoms with Gasteiger partial charge in [0.05, 0.1) is 30.4 Å². The SMILES string of the molecule is COc1ccc2c(c1OC)CCCc1c-2[nH]c2cc([N+](=O)[O-])ccc12. The van der Waals surface area contributed by atoms with Crippen LogP contribution in [0.1, 0.15) is 17.5 Å². The molecule has 128 valence electrons. The van der Waals surface area contributed by atoms with Crippen LogP contribution < -0.4 is 9.47 Å². The minimum Gasteiger partial charge on any atom is -0.493 e. The number of rotatable bonds is 3. The van der Waals surface area contributed by atoms with Gasteiger partial charge in [-0.15, -0.1) is 0 Å². The largest absolute Gasteiger partial charge is 0.493 e. The number of nitro benzene ring substituents is 1. The van der Waals surface area contributed by atoms with Crippen molar-refractivity contribution in [2.24, 2.45) is 0 Å². The number of hydrogen-bond acceptors (Lipinski definition) is 4. The van der Waals surface area contributed by atoms with Crippen molar-refractivity contribution in [1.82, 2.24) is 4.98 Å². The van der Waals surface area contributed by atoms with E-state index >= 15 is 0 Å². The van der Waals surface area contributed by atoms with Gasteiger partial charge in [0.25, 0.3) is 5.69 Å². The molecule has 0 aliphatic heterocycles. The van der Waals surface area contributed by atoms with E-state index in [-0.39, 0.29) is 10.6 Å². The molecule has 3 aromatic rings. The van der Waals surface area contributed by atoms with E-state index in [0.717, 1.165) is 58.5 Å². The lowest BCUT2D eigenvalue weighted by Crippen LogP contribution is -1.98. The van der Waals surface area contributed by atoms with Crippen LogP contribution in [0.25, 0.3) is 22.2 Å². The highest BCUT2D eigenvalue weighted by molar-refractivity contribution is 5.93. The van der Waals surface area contributed by atoms with E-state index < -0.39 is 0 Å². The third-order valence-electron chi connectivity index (χ3n) is 4.87. The molecule has 0 atom stereocenters. The summed E-state index contributed by atoms with van der Waals surface area (Å²) in [6.45, 7) is 0. The van der Waals surface area contributed by atoms with Crippen molar-refractivity contribution >= 4 is 16.6 Å². The number of H-pyrrole nitrogens is 1. The van der Waals surface area contributed by atoms with Gasteiger partial charge in [-0.2, -0.15) is 0 Å². The van der Waals surface area contributed by atoms with Gasteiger partial charge in [-0.3, -0.25) is 10.1 Å². The van der Waals surface area contributed by atoms with Gasteiger partial charge >= 0.3 is 0 Å². The number of hydrogen-bond donors (Lipinski definition) is 1. The van der Waals surface area contributed by atoms with E-state index in [2.05, 4.69) is 4.98 Å². The van der Waals surface area contributed by atoms with Crippen molar-refractivity contribution in [3.63, 3.8) is 0 Å². The highest BCUT2D eigenvalue weighted by Crippen LogP contribution is 2.43. The van der Waals surface area contributed by atoms with Crippen LogP contribution in [-0.4, -0.2) is 24.1 Å². The molecular formula is C19H18N2O4. The molecule has 0 radical (unpaired) electrons. The second-order valence-corrected chi connectivity index (χ2v) is 6.15. The maximum atomic E-state index is 11.1. The van der Waals surface area contributed by atoms with Crippen LogP contribution in [0.4, 0.5) is 5.69 Å². The minimum absolute atomic E-state index is 0.0939. The molecule has 0 unspecified atom stereocenters. The third kappa shape index (κ3) is 2.33. The second-order valence-electron chi connectivity index (χ2n) is 6.15. The van der Waals surface area contributed by atoms with Gasteiger partial charge in [-0.05, 0) is 43.0 Å². The fourth-order valence-electron chi connectivity index (χ4n) is 3.76. The maximum Gasteiger partial charge on any atom is 0.271 e. The number of non-ortho nitro benzene ring substituents is 1. The molecule has 1 aliphatic carbocycles. The van der Waals surface area contributed by atoms with Crippen LogP contribution in [0.5, 0.6) is 11.5 Å². The van der Waals surface area contributed by atoms with E-state index in [1.807, 2.05) is 18.2 Å². The number of ether oxygens (including phenoxy) is 2. The van der Waals surface area contributed by atoms with Crippen molar-refractivity contribution in [2.75, 3.05) is 14.2 Å². The topological polar surface area (TPSA) is 77.4 Å². The van der Waals surface area contributed by atoms with E-state index in [1.165, 1.54) is 5.56 Å². The number of nitrogens with one attached hydrogen (secondary N) is 1. The van der Waals surface area contributed by atoms with E-state index in [9.17, 15) is 10.1 Å². The van der Waals surface area contributed by atoms with Gasteiger partial charge in [0.15, 0.2) is 11.5 Å². The molecule has 6 heteroatoms. The molecule has 6 nitrogen and oxygen atoms in total. The minimum atomic E-state index is -0.368. The molecule has 0 saturated heterocycles. The van der Waals surface area contributed by atoms with E-state index in [0.29, 0.717) is 0 Å². The highest BCUT2D eigenvalue weighted by atomic mass is 16.6. The summed E-state index contributed by atoms with van der Waals surface area (Å²) in [6, 6.07) is 8.95. The lowest BCUT2D eigenvalue weighted by molar-refractivity contribution is -0.384. The molecule has 0 fully saturated rings.